The van der Waals surface area contributed by atoms with Crippen molar-refractivity contribution < 1.29 is 14.6 Å². The number of nitrogens with zero attached hydrogens (tertiary/aromatic N) is 2. The Balaban J connectivity index is 1.81. The van der Waals surface area contributed by atoms with E-state index in [0.717, 1.165) is 30.8 Å². The maximum absolute atomic E-state index is 12.9. The van der Waals surface area contributed by atoms with Gasteiger partial charge in [-0.1, -0.05) is 19.1 Å². The second kappa shape index (κ2) is 6.26. The van der Waals surface area contributed by atoms with Gasteiger partial charge in [-0.3, -0.25) is 9.69 Å². The van der Waals surface area contributed by atoms with Gasteiger partial charge >= 0.3 is 0 Å². The van der Waals surface area contributed by atoms with Crippen LogP contribution in [-0.4, -0.2) is 54.8 Å². The number of para-hydroxylation sites is 2. The number of ether oxygens (including phenoxy) is 1. The van der Waals surface area contributed by atoms with Crippen molar-refractivity contribution >= 4 is 11.6 Å². The summed E-state index contributed by atoms with van der Waals surface area (Å²) in [5, 5.41) is 9.63. The fraction of sp³-hybridized carbons (Fsp3) is 0.588. The SMILES string of the molecule is COc1ccccc1N1CC[C@H](N2CC[C@@H](C)[C@@H]2CO)C1=O. The maximum Gasteiger partial charge on any atom is 0.244 e. The highest BCUT2D eigenvalue weighted by Crippen LogP contribution is 2.35. The highest BCUT2D eigenvalue weighted by Gasteiger charge is 2.43. The van der Waals surface area contributed by atoms with E-state index >= 15 is 0 Å². The molecule has 0 aromatic heterocycles. The Morgan fingerprint density at radius 1 is 1.27 bits per heavy atom. The fourth-order valence-corrected chi connectivity index (χ4v) is 3.77. The molecule has 2 aliphatic heterocycles. The molecule has 0 radical (unpaired) electrons. The van der Waals surface area contributed by atoms with E-state index in [9.17, 15) is 9.90 Å². The van der Waals surface area contributed by atoms with Crippen molar-refractivity contribution in [3.63, 3.8) is 0 Å². The van der Waals surface area contributed by atoms with Gasteiger partial charge in [0.2, 0.25) is 5.91 Å². The summed E-state index contributed by atoms with van der Waals surface area (Å²) in [7, 11) is 1.63. The van der Waals surface area contributed by atoms with Crippen LogP contribution in [0.25, 0.3) is 0 Å². The third kappa shape index (κ3) is 2.48. The number of methoxy groups -OCH3 is 1. The number of likely N-dealkylation sites (tertiary alicyclic amines) is 1. The average Bonchev–Trinajstić information content (AvgIpc) is 3.09. The molecule has 2 heterocycles. The standard InChI is InChI=1S/C17H24N2O3/c1-12-7-9-18(15(12)11-20)14-8-10-19(17(14)21)13-5-3-4-6-16(13)22-2/h3-6,12,14-15,20H,7-11H2,1-2H3/t12-,14+,15+/m1/s1. The number of aliphatic hydroxyl groups is 1. The van der Waals surface area contributed by atoms with Gasteiger partial charge in [0.1, 0.15) is 5.75 Å². The Morgan fingerprint density at radius 2 is 2.05 bits per heavy atom. The Bertz CT molecular complexity index is 548. The molecular weight excluding hydrogens is 280 g/mol. The summed E-state index contributed by atoms with van der Waals surface area (Å²) in [4.78, 5) is 16.9. The number of hydrogen-bond acceptors (Lipinski definition) is 4. The molecule has 1 amide bonds. The fourth-order valence-electron chi connectivity index (χ4n) is 3.77. The van der Waals surface area contributed by atoms with Gasteiger partial charge in [0.15, 0.2) is 0 Å². The van der Waals surface area contributed by atoms with Gasteiger partial charge in [-0.15, -0.1) is 0 Å². The van der Waals surface area contributed by atoms with Crippen LogP contribution in [0, 0.1) is 5.92 Å². The summed E-state index contributed by atoms with van der Waals surface area (Å²) >= 11 is 0. The van der Waals surface area contributed by atoms with Crippen LogP contribution in [0.4, 0.5) is 5.69 Å². The van der Waals surface area contributed by atoms with E-state index in [1.54, 1.807) is 7.11 Å². The van der Waals surface area contributed by atoms with Gasteiger partial charge in [-0.05, 0) is 37.4 Å². The molecule has 2 fully saturated rings. The highest BCUT2D eigenvalue weighted by molar-refractivity contribution is 6.00. The molecule has 2 aliphatic rings. The zero-order chi connectivity index (χ0) is 15.7. The first-order valence-corrected chi connectivity index (χ1v) is 7.98. The molecule has 3 rings (SSSR count). The van der Waals surface area contributed by atoms with Gasteiger partial charge in [-0.2, -0.15) is 0 Å². The average molecular weight is 304 g/mol. The smallest absolute Gasteiger partial charge is 0.244 e. The summed E-state index contributed by atoms with van der Waals surface area (Å²) in [6.07, 6.45) is 1.85. The van der Waals surface area contributed by atoms with E-state index in [0.29, 0.717) is 12.5 Å². The molecule has 0 aliphatic carbocycles. The summed E-state index contributed by atoms with van der Waals surface area (Å²) in [6.45, 7) is 3.87. The van der Waals surface area contributed by atoms with Crippen molar-refractivity contribution in [3.05, 3.63) is 24.3 Å². The van der Waals surface area contributed by atoms with E-state index in [1.165, 1.54) is 0 Å². The molecule has 1 N–H and O–H groups in total. The molecule has 22 heavy (non-hydrogen) atoms. The molecule has 3 atom stereocenters. The molecule has 120 valence electrons. The highest BCUT2D eigenvalue weighted by atomic mass is 16.5. The molecule has 5 nitrogen and oxygen atoms in total. The first-order chi connectivity index (χ1) is 10.7. The molecule has 2 saturated heterocycles. The van der Waals surface area contributed by atoms with Gasteiger partial charge < -0.3 is 14.7 Å². The minimum atomic E-state index is -0.119. The monoisotopic (exact) mass is 304 g/mol. The number of amides is 1. The first kappa shape index (κ1) is 15.3. The Labute approximate surface area is 131 Å². The second-order valence-corrected chi connectivity index (χ2v) is 6.22. The molecule has 0 saturated carbocycles. The Hall–Kier alpha value is -1.59. The topological polar surface area (TPSA) is 53.0 Å². The number of hydrogen-bond donors (Lipinski definition) is 1. The molecule has 0 bridgehead atoms. The maximum atomic E-state index is 12.9. The molecule has 0 unspecified atom stereocenters. The van der Waals surface area contributed by atoms with E-state index < -0.39 is 0 Å². The van der Waals surface area contributed by atoms with Crippen LogP contribution in [-0.2, 0) is 4.79 Å². The van der Waals surface area contributed by atoms with Crippen molar-refractivity contribution in [2.75, 3.05) is 31.7 Å². The van der Waals surface area contributed by atoms with Gasteiger partial charge in [0.25, 0.3) is 0 Å². The molecule has 1 aromatic rings. The summed E-state index contributed by atoms with van der Waals surface area (Å²) < 4.78 is 5.38. The lowest BCUT2D eigenvalue weighted by atomic mass is 10.0. The van der Waals surface area contributed by atoms with Crippen LogP contribution in [0.15, 0.2) is 24.3 Å². The molecule has 5 heteroatoms. The molecular formula is C17H24N2O3. The van der Waals surface area contributed by atoms with E-state index in [2.05, 4.69) is 11.8 Å². The van der Waals surface area contributed by atoms with Crippen LogP contribution < -0.4 is 9.64 Å². The number of benzene rings is 1. The number of carbonyl (C=O) groups is 1. The van der Waals surface area contributed by atoms with E-state index in [-0.39, 0.29) is 24.6 Å². The van der Waals surface area contributed by atoms with Crippen molar-refractivity contribution in [2.24, 2.45) is 5.92 Å². The van der Waals surface area contributed by atoms with Crippen molar-refractivity contribution in [1.82, 2.24) is 4.90 Å². The number of rotatable bonds is 4. The zero-order valence-corrected chi connectivity index (χ0v) is 13.2. The number of carbonyl (C=O) groups excluding carboxylic acids is 1. The largest absolute Gasteiger partial charge is 0.495 e. The number of anilines is 1. The van der Waals surface area contributed by atoms with Crippen LogP contribution >= 0.6 is 0 Å². The quantitative estimate of drug-likeness (QED) is 0.916. The van der Waals surface area contributed by atoms with Crippen molar-refractivity contribution in [3.8, 4) is 5.75 Å². The zero-order valence-electron chi connectivity index (χ0n) is 13.2. The lowest BCUT2D eigenvalue weighted by Gasteiger charge is -2.30. The summed E-state index contributed by atoms with van der Waals surface area (Å²) in [5.41, 5.74) is 0.838. The number of aliphatic hydroxyl groups excluding tert-OH is 1. The van der Waals surface area contributed by atoms with Crippen LogP contribution in [0.3, 0.4) is 0 Å². The normalized spacial score (nSPS) is 29.3. The van der Waals surface area contributed by atoms with Crippen LogP contribution in [0.5, 0.6) is 5.75 Å². The predicted molar refractivity (Wildman–Crippen MR) is 85.1 cm³/mol. The van der Waals surface area contributed by atoms with Gasteiger partial charge in [0.05, 0.1) is 25.4 Å². The predicted octanol–water partition coefficient (Wildman–Crippen LogP) is 1.50. The van der Waals surface area contributed by atoms with Crippen molar-refractivity contribution in [2.45, 2.75) is 31.8 Å². The third-order valence-electron chi connectivity index (χ3n) is 5.07. The van der Waals surface area contributed by atoms with E-state index in [1.807, 2.05) is 29.2 Å². The lowest BCUT2D eigenvalue weighted by molar-refractivity contribution is -0.122. The van der Waals surface area contributed by atoms with Crippen LogP contribution in [0.2, 0.25) is 0 Å². The molecule has 1 aromatic carbocycles. The summed E-state index contributed by atoms with van der Waals surface area (Å²) in [6, 6.07) is 7.62. The van der Waals surface area contributed by atoms with Gasteiger partial charge in [-0.25, -0.2) is 0 Å². The minimum Gasteiger partial charge on any atom is -0.495 e. The lowest BCUT2D eigenvalue weighted by Crippen LogP contribution is -2.46. The van der Waals surface area contributed by atoms with Gasteiger partial charge in [0, 0.05) is 12.6 Å². The van der Waals surface area contributed by atoms with Crippen molar-refractivity contribution in [1.29, 1.82) is 0 Å². The van der Waals surface area contributed by atoms with E-state index in [4.69, 9.17) is 4.74 Å². The molecule has 0 spiro atoms. The first-order valence-electron chi connectivity index (χ1n) is 7.98. The minimum absolute atomic E-state index is 0.103. The Morgan fingerprint density at radius 3 is 2.77 bits per heavy atom. The van der Waals surface area contributed by atoms with Crippen LogP contribution in [0.1, 0.15) is 19.8 Å². The Kier molecular flexibility index (Phi) is 4.36. The second-order valence-electron chi connectivity index (χ2n) is 6.22. The third-order valence-corrected chi connectivity index (χ3v) is 5.07. The summed E-state index contributed by atoms with van der Waals surface area (Å²) in [5.74, 6) is 1.29.